The minimum absolute atomic E-state index is 0.616. The predicted octanol–water partition coefficient (Wildman–Crippen LogP) is 2.34. The van der Waals surface area contributed by atoms with Gasteiger partial charge in [-0.25, -0.2) is 0 Å². The van der Waals surface area contributed by atoms with Crippen LogP contribution in [0.2, 0.25) is 0 Å². The van der Waals surface area contributed by atoms with Gasteiger partial charge in [0.25, 0.3) is 0 Å². The topological polar surface area (TPSA) is 42.4 Å². The van der Waals surface area contributed by atoms with Crippen LogP contribution < -0.4 is 4.74 Å². The van der Waals surface area contributed by atoms with E-state index in [1.54, 1.807) is 19.5 Å². The first kappa shape index (κ1) is 11.4. The van der Waals surface area contributed by atoms with Gasteiger partial charge in [0.05, 0.1) is 18.9 Å². The van der Waals surface area contributed by atoms with Gasteiger partial charge in [-0.15, -0.1) is 0 Å². The summed E-state index contributed by atoms with van der Waals surface area (Å²) in [5, 5.41) is 12.1. The Hall–Kier alpha value is -0.740. The molecular formula is C13H17NO2S. The Morgan fingerprint density at radius 3 is 2.71 bits per heavy atom. The van der Waals surface area contributed by atoms with Gasteiger partial charge in [-0.1, -0.05) is 0 Å². The summed E-state index contributed by atoms with van der Waals surface area (Å²) in [6, 6.07) is 1.92. The highest BCUT2D eigenvalue weighted by Crippen LogP contribution is 2.51. The van der Waals surface area contributed by atoms with Crippen molar-refractivity contribution in [3.05, 3.63) is 24.0 Å². The molecule has 0 saturated carbocycles. The number of ether oxygens (including phenoxy) is 1. The van der Waals surface area contributed by atoms with Crippen LogP contribution in [0, 0.1) is 0 Å². The van der Waals surface area contributed by atoms with Gasteiger partial charge in [0.2, 0.25) is 0 Å². The van der Waals surface area contributed by atoms with Crippen molar-refractivity contribution in [2.24, 2.45) is 0 Å². The lowest BCUT2D eigenvalue weighted by Gasteiger charge is -2.36. The lowest BCUT2D eigenvalue weighted by molar-refractivity contribution is 0.0191. The minimum atomic E-state index is -0.696. The Balaban J connectivity index is 1.91. The summed E-state index contributed by atoms with van der Waals surface area (Å²) in [6.45, 7) is 0. The molecule has 92 valence electrons. The van der Waals surface area contributed by atoms with Gasteiger partial charge in [-0.3, -0.25) is 4.98 Å². The average Bonchev–Trinajstić information content (AvgIpc) is 2.69. The fourth-order valence-electron chi connectivity index (χ4n) is 2.94. The molecule has 0 aromatic carbocycles. The third-order valence-electron chi connectivity index (χ3n) is 3.81. The van der Waals surface area contributed by atoms with Crippen LogP contribution in [0.4, 0.5) is 0 Å². The fraction of sp³-hybridized carbons (Fsp3) is 0.615. The first-order valence-corrected chi connectivity index (χ1v) is 7.01. The van der Waals surface area contributed by atoms with Crippen LogP contribution in [0.15, 0.2) is 18.5 Å². The molecule has 2 aliphatic heterocycles. The molecule has 2 atom stereocenters. The highest BCUT2D eigenvalue weighted by molar-refractivity contribution is 8.00. The molecule has 2 aliphatic rings. The maximum absolute atomic E-state index is 10.8. The van der Waals surface area contributed by atoms with Crippen molar-refractivity contribution in [3.63, 3.8) is 0 Å². The van der Waals surface area contributed by atoms with E-state index < -0.39 is 5.60 Å². The van der Waals surface area contributed by atoms with Crippen molar-refractivity contribution in [1.82, 2.24) is 4.98 Å². The number of methoxy groups -OCH3 is 1. The summed E-state index contributed by atoms with van der Waals surface area (Å²) >= 11 is 2.05. The quantitative estimate of drug-likeness (QED) is 0.876. The second-order valence-electron chi connectivity index (χ2n) is 5.01. The number of thioether (sulfide) groups is 1. The van der Waals surface area contributed by atoms with Gasteiger partial charge in [0, 0.05) is 22.3 Å². The number of rotatable bonds is 2. The van der Waals surface area contributed by atoms with Crippen molar-refractivity contribution in [3.8, 4) is 5.75 Å². The molecule has 2 fully saturated rings. The van der Waals surface area contributed by atoms with E-state index in [4.69, 9.17) is 4.74 Å². The molecular weight excluding hydrogens is 234 g/mol. The van der Waals surface area contributed by atoms with Crippen LogP contribution in [0.1, 0.15) is 31.2 Å². The third kappa shape index (κ3) is 2.04. The van der Waals surface area contributed by atoms with E-state index in [1.807, 2.05) is 17.8 Å². The number of aromatic nitrogens is 1. The zero-order valence-electron chi connectivity index (χ0n) is 9.93. The Morgan fingerprint density at radius 1 is 1.35 bits per heavy atom. The van der Waals surface area contributed by atoms with E-state index in [2.05, 4.69) is 4.98 Å². The SMILES string of the molecule is COc1cncc(C2(O)CC3CCC(C2)S3)c1. The molecule has 1 N–H and O–H groups in total. The Kier molecular flexibility index (Phi) is 2.79. The number of pyridine rings is 1. The normalized spacial score (nSPS) is 35.9. The smallest absolute Gasteiger partial charge is 0.137 e. The molecule has 0 spiro atoms. The van der Waals surface area contributed by atoms with Crippen molar-refractivity contribution in [2.75, 3.05) is 7.11 Å². The van der Waals surface area contributed by atoms with Crippen molar-refractivity contribution >= 4 is 11.8 Å². The number of hydrogen-bond acceptors (Lipinski definition) is 4. The summed E-state index contributed by atoms with van der Waals surface area (Å²) in [4.78, 5) is 4.15. The third-order valence-corrected chi connectivity index (χ3v) is 5.39. The molecule has 3 nitrogen and oxygen atoms in total. The van der Waals surface area contributed by atoms with Crippen LogP contribution >= 0.6 is 11.8 Å². The van der Waals surface area contributed by atoms with E-state index in [-0.39, 0.29) is 0 Å². The lowest BCUT2D eigenvalue weighted by Crippen LogP contribution is -2.34. The predicted molar refractivity (Wildman–Crippen MR) is 68.3 cm³/mol. The van der Waals surface area contributed by atoms with Gasteiger partial charge >= 0.3 is 0 Å². The largest absolute Gasteiger partial charge is 0.495 e. The summed E-state index contributed by atoms with van der Waals surface area (Å²) < 4.78 is 5.18. The van der Waals surface area contributed by atoms with Crippen molar-refractivity contribution in [1.29, 1.82) is 0 Å². The van der Waals surface area contributed by atoms with Gasteiger partial charge in [-0.2, -0.15) is 11.8 Å². The maximum atomic E-state index is 10.8. The van der Waals surface area contributed by atoms with Crippen LogP contribution in [0.3, 0.4) is 0 Å². The number of hydrogen-bond donors (Lipinski definition) is 1. The van der Waals surface area contributed by atoms with E-state index >= 15 is 0 Å². The lowest BCUT2D eigenvalue weighted by atomic mass is 9.87. The Labute approximate surface area is 106 Å². The highest BCUT2D eigenvalue weighted by atomic mass is 32.2. The number of nitrogens with zero attached hydrogens (tertiary/aromatic N) is 1. The van der Waals surface area contributed by atoms with Crippen LogP contribution in [0.25, 0.3) is 0 Å². The molecule has 0 amide bonds. The summed E-state index contributed by atoms with van der Waals surface area (Å²) in [5.41, 5.74) is 0.215. The Bertz CT molecular complexity index is 412. The molecule has 1 aromatic heterocycles. The molecule has 17 heavy (non-hydrogen) atoms. The van der Waals surface area contributed by atoms with Crippen LogP contribution in [-0.4, -0.2) is 27.7 Å². The zero-order chi connectivity index (χ0) is 11.9. The molecule has 2 unspecified atom stereocenters. The summed E-state index contributed by atoms with van der Waals surface area (Å²) in [7, 11) is 1.63. The van der Waals surface area contributed by atoms with E-state index in [0.29, 0.717) is 10.5 Å². The summed E-state index contributed by atoms with van der Waals surface area (Å²) in [6.07, 6.45) is 7.65. The molecule has 2 bridgehead atoms. The first-order chi connectivity index (χ1) is 8.19. The molecule has 2 saturated heterocycles. The van der Waals surface area contributed by atoms with Gasteiger partial charge in [0.15, 0.2) is 0 Å². The minimum Gasteiger partial charge on any atom is -0.495 e. The van der Waals surface area contributed by atoms with Crippen LogP contribution in [0.5, 0.6) is 5.75 Å². The van der Waals surface area contributed by atoms with E-state index in [0.717, 1.165) is 24.2 Å². The second kappa shape index (κ2) is 4.18. The zero-order valence-corrected chi connectivity index (χ0v) is 10.7. The second-order valence-corrected chi connectivity index (χ2v) is 6.62. The summed E-state index contributed by atoms with van der Waals surface area (Å²) in [5.74, 6) is 0.724. The van der Waals surface area contributed by atoms with Crippen molar-refractivity contribution < 1.29 is 9.84 Å². The van der Waals surface area contributed by atoms with E-state index in [9.17, 15) is 5.11 Å². The molecule has 0 aliphatic carbocycles. The number of fused-ring (bicyclic) bond motifs is 2. The highest BCUT2D eigenvalue weighted by Gasteiger charge is 2.44. The van der Waals surface area contributed by atoms with Crippen molar-refractivity contribution in [2.45, 2.75) is 41.8 Å². The van der Waals surface area contributed by atoms with Gasteiger partial charge in [0.1, 0.15) is 5.75 Å². The number of aliphatic hydroxyl groups is 1. The van der Waals surface area contributed by atoms with Gasteiger partial charge < -0.3 is 9.84 Å². The average molecular weight is 251 g/mol. The fourth-order valence-corrected chi connectivity index (χ4v) is 4.77. The standard InChI is InChI=1S/C13H17NO2S/c1-16-10-4-9(7-14-8-10)13(15)5-11-2-3-12(6-13)17-11/h4,7-8,11-12,15H,2-3,5-6H2,1H3. The Morgan fingerprint density at radius 2 is 2.06 bits per heavy atom. The van der Waals surface area contributed by atoms with Gasteiger partial charge in [-0.05, 0) is 31.7 Å². The molecule has 4 heteroatoms. The molecule has 0 radical (unpaired) electrons. The first-order valence-electron chi connectivity index (χ1n) is 6.07. The molecule has 3 rings (SSSR count). The maximum Gasteiger partial charge on any atom is 0.137 e. The molecule has 3 heterocycles. The monoisotopic (exact) mass is 251 g/mol. The molecule has 1 aromatic rings. The van der Waals surface area contributed by atoms with Crippen LogP contribution in [-0.2, 0) is 5.60 Å². The van der Waals surface area contributed by atoms with E-state index in [1.165, 1.54) is 12.8 Å².